The van der Waals surface area contributed by atoms with Crippen LogP contribution in [0.15, 0.2) is 18.3 Å². The fraction of sp³-hybridized carbons (Fsp3) is 0.438. The predicted molar refractivity (Wildman–Crippen MR) is 81.5 cm³/mol. The summed E-state index contributed by atoms with van der Waals surface area (Å²) >= 11 is 0. The maximum absolute atomic E-state index is 9.99. The molecule has 1 saturated heterocycles. The lowest BCUT2D eigenvalue weighted by Crippen LogP contribution is -2.58. The molecule has 5 N–H and O–H groups in total. The molecule has 0 amide bonds. The van der Waals surface area contributed by atoms with Crippen LogP contribution in [-0.4, -0.2) is 67.8 Å². The first-order valence-electron chi connectivity index (χ1n) is 7.27. The summed E-state index contributed by atoms with van der Waals surface area (Å²) in [5.41, 5.74) is 2.56. The van der Waals surface area contributed by atoms with E-state index in [1.54, 1.807) is 6.20 Å². The maximum atomic E-state index is 9.99. The molecule has 2 aromatic rings. The van der Waals surface area contributed by atoms with Gasteiger partial charge in [-0.1, -0.05) is 11.8 Å². The third kappa shape index (κ3) is 2.95. The van der Waals surface area contributed by atoms with E-state index in [1.807, 2.05) is 19.1 Å². The summed E-state index contributed by atoms with van der Waals surface area (Å²) in [5, 5.41) is 46.4. The summed E-state index contributed by atoms with van der Waals surface area (Å²) in [6.45, 7) is 1.46. The number of ether oxygens (including phenoxy) is 1. The maximum Gasteiger partial charge on any atom is 0.147 e. The van der Waals surface area contributed by atoms with Gasteiger partial charge in [-0.05, 0) is 24.6 Å². The Morgan fingerprint density at radius 1 is 1.22 bits per heavy atom. The van der Waals surface area contributed by atoms with Crippen LogP contribution in [0.2, 0.25) is 0 Å². The second-order valence-corrected chi connectivity index (χ2v) is 5.66. The molecule has 1 aromatic carbocycles. The van der Waals surface area contributed by atoms with Crippen LogP contribution in [-0.2, 0) is 4.74 Å². The normalized spacial score (nSPS) is 30.9. The van der Waals surface area contributed by atoms with Gasteiger partial charge >= 0.3 is 0 Å². The van der Waals surface area contributed by atoms with E-state index in [-0.39, 0.29) is 0 Å². The Kier molecular flexibility index (Phi) is 4.35. The van der Waals surface area contributed by atoms with E-state index in [0.717, 1.165) is 16.5 Å². The van der Waals surface area contributed by atoms with Crippen molar-refractivity contribution in [1.29, 1.82) is 0 Å². The molecule has 1 aliphatic heterocycles. The van der Waals surface area contributed by atoms with E-state index in [0.29, 0.717) is 5.56 Å². The van der Waals surface area contributed by atoms with Crippen LogP contribution in [0.5, 0.6) is 0 Å². The minimum atomic E-state index is -1.42. The average molecular weight is 318 g/mol. The molecule has 23 heavy (non-hydrogen) atoms. The number of aliphatic hydroxyl groups excluding tert-OH is 4. The highest BCUT2D eigenvalue weighted by Crippen LogP contribution is 2.22. The highest BCUT2D eigenvalue weighted by Gasteiger charge is 2.42. The average Bonchev–Trinajstić information content (AvgIpc) is 3.00. The van der Waals surface area contributed by atoms with Gasteiger partial charge in [0, 0.05) is 10.9 Å². The van der Waals surface area contributed by atoms with E-state index in [9.17, 15) is 20.4 Å². The molecule has 1 aromatic heterocycles. The summed E-state index contributed by atoms with van der Waals surface area (Å²) in [7, 11) is 0. The zero-order chi connectivity index (χ0) is 16.6. The van der Waals surface area contributed by atoms with Gasteiger partial charge in [0.15, 0.2) is 0 Å². The predicted octanol–water partition coefficient (Wildman–Crippen LogP) is -0.935. The monoisotopic (exact) mass is 318 g/mol. The number of aromatic amines is 1. The molecule has 0 bridgehead atoms. The molecule has 3 rings (SSSR count). The smallest absolute Gasteiger partial charge is 0.147 e. The van der Waals surface area contributed by atoms with Crippen molar-refractivity contribution in [2.75, 3.05) is 6.61 Å². The van der Waals surface area contributed by atoms with Crippen molar-refractivity contribution in [2.45, 2.75) is 37.4 Å². The first-order chi connectivity index (χ1) is 11.0. The number of nitrogens with one attached hydrogen (secondary N) is 1. The number of H-pyrrole nitrogens is 1. The van der Waals surface area contributed by atoms with Crippen LogP contribution in [0.1, 0.15) is 11.1 Å². The van der Waals surface area contributed by atoms with Crippen LogP contribution in [0, 0.1) is 18.8 Å². The lowest BCUT2D eigenvalue weighted by molar-refractivity contribution is -0.214. The van der Waals surface area contributed by atoms with Crippen molar-refractivity contribution in [3.63, 3.8) is 0 Å². The van der Waals surface area contributed by atoms with Gasteiger partial charge in [-0.15, -0.1) is 0 Å². The first kappa shape index (κ1) is 15.9. The number of fused-ring (bicyclic) bond motifs is 1. The number of benzene rings is 1. The van der Waals surface area contributed by atoms with Gasteiger partial charge in [-0.25, -0.2) is 0 Å². The summed E-state index contributed by atoms with van der Waals surface area (Å²) in [5.74, 6) is 5.69. The highest BCUT2D eigenvalue weighted by molar-refractivity contribution is 5.85. The molecular formula is C16H18N2O5. The summed E-state index contributed by atoms with van der Waals surface area (Å²) in [6, 6.07) is 3.83. The molecule has 7 heteroatoms. The molecule has 0 aliphatic carbocycles. The Labute approximate surface area is 132 Å². The fourth-order valence-electron chi connectivity index (χ4n) is 2.67. The molecule has 0 unspecified atom stereocenters. The zero-order valence-corrected chi connectivity index (χ0v) is 12.5. The quantitative estimate of drug-likeness (QED) is 0.433. The number of hydrogen-bond acceptors (Lipinski definition) is 6. The lowest BCUT2D eigenvalue weighted by Gasteiger charge is -2.37. The molecule has 2 heterocycles. The summed E-state index contributed by atoms with van der Waals surface area (Å²) in [4.78, 5) is 0. The largest absolute Gasteiger partial charge is 0.394 e. The molecule has 0 saturated carbocycles. The Balaban J connectivity index is 1.92. The van der Waals surface area contributed by atoms with Gasteiger partial charge in [0.05, 0.1) is 18.3 Å². The minimum Gasteiger partial charge on any atom is -0.394 e. The van der Waals surface area contributed by atoms with E-state index < -0.39 is 37.1 Å². The van der Waals surface area contributed by atoms with Crippen molar-refractivity contribution < 1.29 is 25.2 Å². The van der Waals surface area contributed by atoms with Gasteiger partial charge in [-0.3, -0.25) is 5.10 Å². The van der Waals surface area contributed by atoms with Crippen LogP contribution in [0.25, 0.3) is 10.9 Å². The summed E-state index contributed by atoms with van der Waals surface area (Å²) < 4.78 is 5.37. The molecule has 1 aliphatic rings. The molecule has 1 fully saturated rings. The number of aromatic nitrogens is 2. The van der Waals surface area contributed by atoms with Gasteiger partial charge in [0.2, 0.25) is 0 Å². The fourth-order valence-corrected chi connectivity index (χ4v) is 2.67. The molecule has 5 atom stereocenters. The van der Waals surface area contributed by atoms with Crippen molar-refractivity contribution in [2.24, 2.45) is 0 Å². The van der Waals surface area contributed by atoms with E-state index >= 15 is 0 Å². The molecule has 0 radical (unpaired) electrons. The number of aliphatic hydroxyl groups is 4. The Bertz CT molecular complexity index is 761. The van der Waals surface area contributed by atoms with E-state index in [2.05, 4.69) is 22.0 Å². The molecular weight excluding hydrogens is 300 g/mol. The van der Waals surface area contributed by atoms with Crippen LogP contribution < -0.4 is 0 Å². The molecule has 7 nitrogen and oxygen atoms in total. The minimum absolute atomic E-state index is 0.473. The second-order valence-electron chi connectivity index (χ2n) is 5.66. The Morgan fingerprint density at radius 3 is 2.74 bits per heavy atom. The van der Waals surface area contributed by atoms with E-state index in [4.69, 9.17) is 4.74 Å². The number of nitrogens with zero attached hydrogens (tertiary/aromatic N) is 1. The Hall–Kier alpha value is -1.95. The number of aryl methyl sites for hydroxylation is 1. The van der Waals surface area contributed by atoms with Gasteiger partial charge in [0.25, 0.3) is 0 Å². The zero-order valence-electron chi connectivity index (χ0n) is 12.5. The van der Waals surface area contributed by atoms with Crippen molar-refractivity contribution in [1.82, 2.24) is 10.2 Å². The third-order valence-electron chi connectivity index (χ3n) is 3.94. The third-order valence-corrected chi connectivity index (χ3v) is 3.94. The topological polar surface area (TPSA) is 119 Å². The lowest BCUT2D eigenvalue weighted by atomic mass is 9.95. The van der Waals surface area contributed by atoms with Gasteiger partial charge in [0.1, 0.15) is 30.5 Å². The molecule has 122 valence electrons. The SMILES string of the molecule is Cc1cc(C#C[C@H]2O[C@H](CO)[C@@H](O)[C@H](O)[C@@H]2O)c2cn[nH]c2c1. The van der Waals surface area contributed by atoms with E-state index in [1.165, 1.54) is 0 Å². The van der Waals surface area contributed by atoms with Crippen molar-refractivity contribution in [3.05, 3.63) is 29.5 Å². The van der Waals surface area contributed by atoms with Crippen molar-refractivity contribution >= 4 is 10.9 Å². The van der Waals surface area contributed by atoms with Crippen LogP contribution in [0.4, 0.5) is 0 Å². The molecule has 0 spiro atoms. The van der Waals surface area contributed by atoms with Crippen molar-refractivity contribution in [3.8, 4) is 11.8 Å². The summed E-state index contributed by atoms with van der Waals surface area (Å²) in [6.07, 6.45) is -4.47. The van der Waals surface area contributed by atoms with Crippen LogP contribution >= 0.6 is 0 Å². The number of hydrogen-bond donors (Lipinski definition) is 5. The first-order valence-corrected chi connectivity index (χ1v) is 7.27. The Morgan fingerprint density at radius 2 is 2.00 bits per heavy atom. The van der Waals surface area contributed by atoms with Crippen LogP contribution in [0.3, 0.4) is 0 Å². The number of rotatable bonds is 1. The van der Waals surface area contributed by atoms with Gasteiger partial charge < -0.3 is 25.2 Å². The second kappa shape index (κ2) is 6.28. The highest BCUT2D eigenvalue weighted by atomic mass is 16.5. The van der Waals surface area contributed by atoms with Gasteiger partial charge in [-0.2, -0.15) is 5.10 Å². The standard InChI is InChI=1S/C16H18N2O5/c1-8-4-9(10-6-17-18-11(10)5-8)2-3-12-14(20)16(22)15(21)13(7-19)23-12/h4-6,12-16,19-22H,7H2,1H3,(H,17,18)/t12-,13-,14-,15-,16-/m1/s1.